The Hall–Kier alpha value is -1.06. The predicted molar refractivity (Wildman–Crippen MR) is 81.6 cm³/mol. The highest BCUT2D eigenvalue weighted by molar-refractivity contribution is 5.97. The normalized spacial score (nSPS) is 40.6. The summed E-state index contributed by atoms with van der Waals surface area (Å²) in [6.45, 7) is 7.33. The highest BCUT2D eigenvalue weighted by atomic mass is 16.2. The van der Waals surface area contributed by atoms with Crippen LogP contribution in [-0.4, -0.2) is 46.3 Å². The summed E-state index contributed by atoms with van der Waals surface area (Å²) in [5.74, 6) is 1.59. The molecule has 2 amide bonds. The molecule has 2 heterocycles. The van der Waals surface area contributed by atoms with Crippen LogP contribution < -0.4 is 0 Å². The van der Waals surface area contributed by atoms with Crippen LogP contribution in [0.2, 0.25) is 0 Å². The van der Waals surface area contributed by atoms with Crippen LogP contribution in [0, 0.1) is 11.8 Å². The van der Waals surface area contributed by atoms with Crippen LogP contribution in [0.3, 0.4) is 0 Å². The third-order valence-electron chi connectivity index (χ3n) is 6.11. The van der Waals surface area contributed by atoms with Gasteiger partial charge in [0.15, 0.2) is 0 Å². The number of nitrogens with zero attached hydrogens (tertiary/aromatic N) is 2. The average Bonchev–Trinajstić information content (AvgIpc) is 2.82. The first-order valence-electron chi connectivity index (χ1n) is 8.69. The first-order valence-corrected chi connectivity index (χ1v) is 8.69. The van der Waals surface area contributed by atoms with E-state index < -0.39 is 0 Å². The van der Waals surface area contributed by atoms with Crippen molar-refractivity contribution in [1.82, 2.24) is 9.80 Å². The number of piperidine rings is 1. The molecule has 2 saturated heterocycles. The molecule has 0 bridgehead atoms. The van der Waals surface area contributed by atoms with E-state index in [1.165, 1.54) is 6.42 Å². The van der Waals surface area contributed by atoms with Gasteiger partial charge in [0.05, 0.1) is 0 Å². The number of hydrogen-bond donors (Lipinski definition) is 0. The third-order valence-corrected chi connectivity index (χ3v) is 6.11. The summed E-state index contributed by atoms with van der Waals surface area (Å²) < 4.78 is 0. The number of carbonyl (C=O) groups is 2. The topological polar surface area (TPSA) is 40.6 Å². The van der Waals surface area contributed by atoms with E-state index in [4.69, 9.17) is 0 Å². The number of carbonyl (C=O) groups excluding carboxylic acids is 2. The van der Waals surface area contributed by atoms with Crippen LogP contribution in [0.15, 0.2) is 0 Å². The zero-order chi connectivity index (χ0) is 15.1. The number of rotatable bonds is 2. The van der Waals surface area contributed by atoms with E-state index >= 15 is 0 Å². The van der Waals surface area contributed by atoms with E-state index in [0.717, 1.165) is 38.6 Å². The summed E-state index contributed by atoms with van der Waals surface area (Å²) in [6.07, 6.45) is 5.95. The number of hydrogen-bond acceptors (Lipinski definition) is 2. The molecule has 0 radical (unpaired) electrons. The molecular formula is C17H28N2O2. The van der Waals surface area contributed by atoms with E-state index in [1.807, 2.05) is 16.7 Å². The summed E-state index contributed by atoms with van der Waals surface area (Å²) in [4.78, 5) is 29.7. The smallest absolute Gasteiger partial charge is 0.246 e. The van der Waals surface area contributed by atoms with Gasteiger partial charge in [0.2, 0.25) is 11.8 Å². The summed E-state index contributed by atoms with van der Waals surface area (Å²) in [7, 11) is 0. The van der Waals surface area contributed by atoms with Crippen LogP contribution in [0.25, 0.3) is 0 Å². The third kappa shape index (κ3) is 2.27. The summed E-state index contributed by atoms with van der Waals surface area (Å²) in [6, 6.07) is -0.118. The molecule has 4 nitrogen and oxygen atoms in total. The van der Waals surface area contributed by atoms with Gasteiger partial charge in [-0.2, -0.15) is 0 Å². The predicted octanol–water partition coefficient (Wildman–Crippen LogP) is 2.42. The van der Waals surface area contributed by atoms with Gasteiger partial charge in [-0.25, -0.2) is 0 Å². The van der Waals surface area contributed by atoms with Crippen LogP contribution in [-0.2, 0) is 9.59 Å². The molecule has 1 saturated carbocycles. The fourth-order valence-electron chi connectivity index (χ4n) is 4.59. The molecule has 1 aliphatic carbocycles. The molecule has 0 aromatic carbocycles. The second-order valence-corrected chi connectivity index (χ2v) is 7.19. The Balaban J connectivity index is 1.90. The first-order chi connectivity index (χ1) is 10.1. The lowest BCUT2D eigenvalue weighted by molar-refractivity contribution is -0.167. The quantitative estimate of drug-likeness (QED) is 0.784. The maximum absolute atomic E-state index is 13.0. The molecular weight excluding hydrogens is 264 g/mol. The van der Waals surface area contributed by atoms with Crippen LogP contribution in [0.4, 0.5) is 0 Å². The van der Waals surface area contributed by atoms with Gasteiger partial charge >= 0.3 is 0 Å². The number of piperazine rings is 1. The Morgan fingerprint density at radius 3 is 2.43 bits per heavy atom. The average molecular weight is 292 g/mol. The molecule has 21 heavy (non-hydrogen) atoms. The lowest BCUT2D eigenvalue weighted by atomic mass is 9.90. The van der Waals surface area contributed by atoms with Crippen molar-refractivity contribution < 1.29 is 9.59 Å². The van der Waals surface area contributed by atoms with Crippen LogP contribution in [0.1, 0.15) is 59.3 Å². The molecule has 0 aromatic rings. The van der Waals surface area contributed by atoms with Gasteiger partial charge < -0.3 is 9.80 Å². The SMILES string of the molecule is CCC1C(=O)N2CCCCC2C(=O)N1C1CCC(C)C1C. The van der Waals surface area contributed by atoms with Crippen molar-refractivity contribution in [3.05, 3.63) is 0 Å². The molecule has 3 fully saturated rings. The minimum Gasteiger partial charge on any atom is -0.329 e. The zero-order valence-electron chi connectivity index (χ0n) is 13.5. The fourth-order valence-corrected chi connectivity index (χ4v) is 4.59. The second kappa shape index (κ2) is 5.62. The van der Waals surface area contributed by atoms with Crippen molar-refractivity contribution in [1.29, 1.82) is 0 Å². The Kier molecular flexibility index (Phi) is 3.98. The Morgan fingerprint density at radius 1 is 1.05 bits per heavy atom. The molecule has 3 aliphatic rings. The summed E-state index contributed by atoms with van der Waals surface area (Å²) in [5.41, 5.74) is 0. The van der Waals surface area contributed by atoms with Gasteiger partial charge in [0.25, 0.3) is 0 Å². The highest BCUT2D eigenvalue weighted by Crippen LogP contribution is 2.39. The minimum absolute atomic E-state index is 0.169. The van der Waals surface area contributed by atoms with Crippen molar-refractivity contribution in [2.24, 2.45) is 11.8 Å². The van der Waals surface area contributed by atoms with E-state index in [2.05, 4.69) is 13.8 Å². The molecule has 0 N–H and O–H groups in total. The van der Waals surface area contributed by atoms with Crippen molar-refractivity contribution in [2.45, 2.75) is 77.4 Å². The first kappa shape index (κ1) is 14.9. The van der Waals surface area contributed by atoms with Gasteiger partial charge in [-0.3, -0.25) is 9.59 Å². The van der Waals surface area contributed by atoms with Gasteiger partial charge in [-0.05, 0) is 50.4 Å². The Labute approximate surface area is 127 Å². The van der Waals surface area contributed by atoms with E-state index in [0.29, 0.717) is 11.8 Å². The van der Waals surface area contributed by atoms with Gasteiger partial charge in [-0.1, -0.05) is 20.8 Å². The number of amides is 2. The lowest BCUT2D eigenvalue weighted by Gasteiger charge is -2.49. The largest absolute Gasteiger partial charge is 0.329 e. The molecule has 0 spiro atoms. The maximum Gasteiger partial charge on any atom is 0.246 e. The Morgan fingerprint density at radius 2 is 1.81 bits per heavy atom. The molecule has 2 aliphatic heterocycles. The van der Waals surface area contributed by atoms with E-state index in [-0.39, 0.29) is 29.9 Å². The van der Waals surface area contributed by atoms with Crippen molar-refractivity contribution in [3.8, 4) is 0 Å². The summed E-state index contributed by atoms with van der Waals surface area (Å²) in [5, 5.41) is 0. The standard InChI is InChI=1S/C17H28N2O2/c1-4-13-16(20)18-10-6-5-7-15(18)17(21)19(13)14-9-8-11(2)12(14)3/h11-15H,4-10H2,1-3H3. The second-order valence-electron chi connectivity index (χ2n) is 7.19. The van der Waals surface area contributed by atoms with Crippen LogP contribution in [0.5, 0.6) is 0 Å². The Bertz CT molecular complexity index is 437. The van der Waals surface area contributed by atoms with Crippen molar-refractivity contribution >= 4 is 11.8 Å². The van der Waals surface area contributed by atoms with Crippen molar-refractivity contribution in [2.75, 3.05) is 6.54 Å². The van der Waals surface area contributed by atoms with Gasteiger partial charge in [0, 0.05) is 12.6 Å². The molecule has 0 aromatic heterocycles. The highest BCUT2D eigenvalue weighted by Gasteiger charge is 2.50. The summed E-state index contributed by atoms with van der Waals surface area (Å²) >= 11 is 0. The monoisotopic (exact) mass is 292 g/mol. The van der Waals surface area contributed by atoms with Crippen LogP contribution >= 0.6 is 0 Å². The molecule has 118 valence electrons. The zero-order valence-corrected chi connectivity index (χ0v) is 13.5. The van der Waals surface area contributed by atoms with E-state index in [9.17, 15) is 9.59 Å². The van der Waals surface area contributed by atoms with Gasteiger partial charge in [0.1, 0.15) is 12.1 Å². The van der Waals surface area contributed by atoms with Gasteiger partial charge in [-0.15, -0.1) is 0 Å². The van der Waals surface area contributed by atoms with Crippen molar-refractivity contribution in [3.63, 3.8) is 0 Å². The van der Waals surface area contributed by atoms with E-state index in [1.54, 1.807) is 0 Å². The molecule has 5 unspecified atom stereocenters. The lowest BCUT2D eigenvalue weighted by Crippen LogP contribution is -2.68. The molecule has 4 heteroatoms. The molecule has 5 atom stereocenters. The maximum atomic E-state index is 13.0. The fraction of sp³-hybridized carbons (Fsp3) is 0.882. The molecule has 3 rings (SSSR count). The number of fused-ring (bicyclic) bond motifs is 1. The minimum atomic E-state index is -0.218.